The van der Waals surface area contributed by atoms with Crippen LogP contribution >= 0.6 is 0 Å². The van der Waals surface area contributed by atoms with Crippen molar-refractivity contribution in [3.8, 4) is 0 Å². The van der Waals surface area contributed by atoms with E-state index >= 15 is 0 Å². The lowest BCUT2D eigenvalue weighted by atomic mass is 10.0. The van der Waals surface area contributed by atoms with Gasteiger partial charge in [-0.2, -0.15) is 0 Å². The van der Waals surface area contributed by atoms with Gasteiger partial charge in [0.2, 0.25) is 0 Å². The molecule has 1 heterocycles. The van der Waals surface area contributed by atoms with Crippen LogP contribution in [0.15, 0.2) is 48.5 Å². The van der Waals surface area contributed by atoms with E-state index in [1.165, 1.54) is 22.4 Å². The summed E-state index contributed by atoms with van der Waals surface area (Å²) in [5.41, 5.74) is 5.46. The maximum absolute atomic E-state index is 5.82. The number of aryl methyl sites for hydroxylation is 3. The molecule has 3 rings (SSSR count). The van der Waals surface area contributed by atoms with Gasteiger partial charge in [-0.3, -0.25) is 0 Å². The van der Waals surface area contributed by atoms with Crippen molar-refractivity contribution >= 4 is 5.69 Å². The van der Waals surface area contributed by atoms with Crippen molar-refractivity contribution in [2.45, 2.75) is 45.8 Å². The number of hydrogen-bond acceptors (Lipinski definition) is 2. The SMILES string of the molecule is Cc1ccc(CCc2ccc(N3C[C@@H](C)O[C@H](C)C3)cc2)cc1. The van der Waals surface area contributed by atoms with E-state index in [1.807, 2.05) is 0 Å². The van der Waals surface area contributed by atoms with Crippen molar-refractivity contribution in [3.63, 3.8) is 0 Å². The Morgan fingerprint density at radius 2 is 1.30 bits per heavy atom. The average molecular weight is 309 g/mol. The Kier molecular flexibility index (Phi) is 5.02. The first-order valence-electron chi connectivity index (χ1n) is 8.65. The Hall–Kier alpha value is -1.80. The molecule has 0 unspecified atom stereocenters. The fraction of sp³-hybridized carbons (Fsp3) is 0.429. The summed E-state index contributed by atoms with van der Waals surface area (Å²) in [7, 11) is 0. The van der Waals surface area contributed by atoms with Gasteiger partial charge < -0.3 is 9.64 Å². The van der Waals surface area contributed by atoms with Crippen molar-refractivity contribution in [1.29, 1.82) is 0 Å². The number of ether oxygens (including phenoxy) is 1. The zero-order chi connectivity index (χ0) is 16.2. The molecule has 0 N–H and O–H groups in total. The van der Waals surface area contributed by atoms with E-state index in [0.717, 1.165) is 25.9 Å². The molecular formula is C21H27NO. The molecule has 1 saturated heterocycles. The summed E-state index contributed by atoms with van der Waals surface area (Å²) in [4.78, 5) is 2.43. The molecular weight excluding hydrogens is 282 g/mol. The molecule has 0 amide bonds. The normalized spacial score (nSPS) is 21.4. The van der Waals surface area contributed by atoms with E-state index in [2.05, 4.69) is 74.2 Å². The number of benzene rings is 2. The van der Waals surface area contributed by atoms with Gasteiger partial charge in [0.1, 0.15) is 0 Å². The van der Waals surface area contributed by atoms with Gasteiger partial charge in [0.25, 0.3) is 0 Å². The van der Waals surface area contributed by atoms with Crippen LogP contribution in [0.4, 0.5) is 5.69 Å². The molecule has 1 aliphatic heterocycles. The Labute approximate surface area is 140 Å². The van der Waals surface area contributed by atoms with Gasteiger partial charge in [0.15, 0.2) is 0 Å². The standard InChI is InChI=1S/C21H27NO/c1-16-4-6-19(7-5-16)8-9-20-10-12-21(13-11-20)22-14-17(2)23-18(3)15-22/h4-7,10-13,17-18H,8-9,14-15H2,1-3H3/t17-,18-/m1/s1. The molecule has 2 nitrogen and oxygen atoms in total. The van der Waals surface area contributed by atoms with Crippen LogP contribution in [0.25, 0.3) is 0 Å². The highest BCUT2D eigenvalue weighted by Gasteiger charge is 2.22. The summed E-state index contributed by atoms with van der Waals surface area (Å²) in [6.45, 7) is 8.40. The molecule has 0 aliphatic carbocycles. The molecule has 2 heteroatoms. The second-order valence-electron chi connectivity index (χ2n) is 6.81. The Bertz CT molecular complexity index is 607. The van der Waals surface area contributed by atoms with E-state index in [-0.39, 0.29) is 0 Å². The van der Waals surface area contributed by atoms with E-state index < -0.39 is 0 Å². The van der Waals surface area contributed by atoms with Crippen LogP contribution in [0.3, 0.4) is 0 Å². The molecule has 0 bridgehead atoms. The highest BCUT2D eigenvalue weighted by atomic mass is 16.5. The molecule has 0 radical (unpaired) electrons. The summed E-state index contributed by atoms with van der Waals surface area (Å²) in [5.74, 6) is 0. The Morgan fingerprint density at radius 1 is 0.826 bits per heavy atom. The minimum absolute atomic E-state index is 0.306. The molecule has 1 aliphatic rings. The molecule has 0 saturated carbocycles. The highest BCUT2D eigenvalue weighted by molar-refractivity contribution is 5.48. The van der Waals surface area contributed by atoms with Crippen LogP contribution < -0.4 is 4.90 Å². The lowest BCUT2D eigenvalue weighted by molar-refractivity contribution is -0.00521. The minimum atomic E-state index is 0.306. The smallest absolute Gasteiger partial charge is 0.0726 e. The fourth-order valence-corrected chi connectivity index (χ4v) is 3.31. The second kappa shape index (κ2) is 7.18. The van der Waals surface area contributed by atoms with E-state index in [4.69, 9.17) is 4.74 Å². The first-order valence-corrected chi connectivity index (χ1v) is 8.65. The number of anilines is 1. The number of rotatable bonds is 4. The Balaban J connectivity index is 1.59. The number of nitrogens with zero attached hydrogens (tertiary/aromatic N) is 1. The molecule has 23 heavy (non-hydrogen) atoms. The zero-order valence-electron chi connectivity index (χ0n) is 14.5. The second-order valence-corrected chi connectivity index (χ2v) is 6.81. The van der Waals surface area contributed by atoms with E-state index in [9.17, 15) is 0 Å². The third-order valence-electron chi connectivity index (χ3n) is 4.54. The van der Waals surface area contributed by atoms with Crippen molar-refractivity contribution < 1.29 is 4.74 Å². The predicted octanol–water partition coefficient (Wildman–Crippen LogP) is 4.39. The van der Waals surface area contributed by atoms with Gasteiger partial charge in [0.05, 0.1) is 12.2 Å². The van der Waals surface area contributed by atoms with Crippen LogP contribution in [-0.4, -0.2) is 25.3 Å². The van der Waals surface area contributed by atoms with Crippen LogP contribution in [0.1, 0.15) is 30.5 Å². The molecule has 0 aromatic heterocycles. The fourth-order valence-electron chi connectivity index (χ4n) is 3.31. The summed E-state index contributed by atoms with van der Waals surface area (Å²) in [6.07, 6.45) is 2.81. The van der Waals surface area contributed by atoms with Crippen LogP contribution in [0.5, 0.6) is 0 Å². The molecule has 1 fully saturated rings. The maximum Gasteiger partial charge on any atom is 0.0726 e. The first kappa shape index (κ1) is 16.1. The molecule has 2 atom stereocenters. The molecule has 2 aromatic rings. The van der Waals surface area contributed by atoms with Crippen LogP contribution in [0, 0.1) is 6.92 Å². The van der Waals surface area contributed by atoms with Gasteiger partial charge in [-0.15, -0.1) is 0 Å². The summed E-state index contributed by atoms with van der Waals surface area (Å²) in [5, 5.41) is 0. The van der Waals surface area contributed by atoms with E-state index in [1.54, 1.807) is 0 Å². The van der Waals surface area contributed by atoms with Crippen molar-refractivity contribution in [1.82, 2.24) is 0 Å². The third-order valence-corrected chi connectivity index (χ3v) is 4.54. The predicted molar refractivity (Wildman–Crippen MR) is 97.3 cm³/mol. The summed E-state index contributed by atoms with van der Waals surface area (Å²) >= 11 is 0. The monoisotopic (exact) mass is 309 g/mol. The van der Waals surface area contributed by atoms with Gasteiger partial charge >= 0.3 is 0 Å². The van der Waals surface area contributed by atoms with Crippen molar-refractivity contribution in [2.24, 2.45) is 0 Å². The Morgan fingerprint density at radius 3 is 1.83 bits per heavy atom. The van der Waals surface area contributed by atoms with Crippen LogP contribution in [0.2, 0.25) is 0 Å². The molecule has 2 aromatic carbocycles. The molecule has 122 valence electrons. The summed E-state index contributed by atoms with van der Waals surface area (Å²) in [6, 6.07) is 17.9. The van der Waals surface area contributed by atoms with E-state index in [0.29, 0.717) is 12.2 Å². The largest absolute Gasteiger partial charge is 0.372 e. The quantitative estimate of drug-likeness (QED) is 0.830. The van der Waals surface area contributed by atoms with Crippen LogP contribution in [-0.2, 0) is 17.6 Å². The number of morpholine rings is 1. The highest BCUT2D eigenvalue weighted by Crippen LogP contribution is 2.21. The van der Waals surface area contributed by atoms with Gasteiger partial charge in [-0.05, 0) is 56.9 Å². The third kappa shape index (κ3) is 4.35. The van der Waals surface area contributed by atoms with Gasteiger partial charge in [-0.25, -0.2) is 0 Å². The lowest BCUT2D eigenvalue weighted by Gasteiger charge is -2.36. The first-order chi connectivity index (χ1) is 11.1. The maximum atomic E-state index is 5.82. The lowest BCUT2D eigenvalue weighted by Crippen LogP contribution is -2.45. The van der Waals surface area contributed by atoms with Crippen molar-refractivity contribution in [3.05, 3.63) is 65.2 Å². The van der Waals surface area contributed by atoms with Gasteiger partial charge in [0, 0.05) is 18.8 Å². The summed E-state index contributed by atoms with van der Waals surface area (Å²) < 4.78 is 5.82. The van der Waals surface area contributed by atoms with Gasteiger partial charge in [-0.1, -0.05) is 42.0 Å². The molecule has 0 spiro atoms. The average Bonchev–Trinajstić information content (AvgIpc) is 2.54. The number of hydrogen-bond donors (Lipinski definition) is 0. The zero-order valence-corrected chi connectivity index (χ0v) is 14.5. The topological polar surface area (TPSA) is 12.5 Å². The minimum Gasteiger partial charge on any atom is -0.372 e. The van der Waals surface area contributed by atoms with Crippen molar-refractivity contribution in [2.75, 3.05) is 18.0 Å².